The van der Waals surface area contributed by atoms with Gasteiger partial charge < -0.3 is 14.0 Å². The van der Waals surface area contributed by atoms with Crippen LogP contribution in [0.5, 0.6) is 0 Å². The molecule has 1 aromatic heterocycles. The van der Waals surface area contributed by atoms with Gasteiger partial charge in [-0.3, -0.25) is 0 Å². The predicted octanol–water partition coefficient (Wildman–Crippen LogP) is 1.72. The molecule has 9 nitrogen and oxygen atoms in total. The lowest BCUT2D eigenvalue weighted by atomic mass is 10.0. The molecule has 0 bridgehead atoms. The van der Waals surface area contributed by atoms with E-state index in [-0.39, 0.29) is 10.8 Å². The zero-order chi connectivity index (χ0) is 21.0. The molecule has 160 valence electrons. The molecule has 10 heteroatoms. The summed E-state index contributed by atoms with van der Waals surface area (Å²) in [6, 6.07) is 7.88. The Balaban J connectivity index is 1.24. The van der Waals surface area contributed by atoms with Gasteiger partial charge in [-0.2, -0.15) is 14.6 Å². The maximum atomic E-state index is 12.7. The van der Waals surface area contributed by atoms with Gasteiger partial charge in [0.2, 0.25) is 15.9 Å². The molecule has 3 heterocycles. The maximum absolute atomic E-state index is 12.7. The Morgan fingerprint density at radius 3 is 2.63 bits per heavy atom. The Labute approximate surface area is 175 Å². The van der Waals surface area contributed by atoms with Gasteiger partial charge in [-0.1, -0.05) is 5.16 Å². The summed E-state index contributed by atoms with van der Waals surface area (Å²) in [5.41, 5.74) is 0.422. The number of aromatic nitrogens is 2. The minimum atomic E-state index is -3.58. The Morgan fingerprint density at radius 2 is 1.93 bits per heavy atom. The quantitative estimate of drug-likeness (QED) is 0.579. The SMILES string of the molecule is N#Cc1ccc(S(=O)(=O)N2CC(c3nc(CCOCC4CCOCC4)no3)C2)cc1. The van der Waals surface area contributed by atoms with Crippen LogP contribution in [0.1, 0.15) is 36.0 Å². The highest BCUT2D eigenvalue weighted by Crippen LogP contribution is 2.31. The highest BCUT2D eigenvalue weighted by Gasteiger charge is 2.40. The normalized spacial score (nSPS) is 18.8. The lowest BCUT2D eigenvalue weighted by Crippen LogP contribution is -2.48. The second-order valence-corrected chi connectivity index (χ2v) is 9.52. The zero-order valence-electron chi connectivity index (χ0n) is 16.6. The van der Waals surface area contributed by atoms with Gasteiger partial charge in [0.1, 0.15) is 0 Å². The van der Waals surface area contributed by atoms with Crippen LogP contribution in [0.15, 0.2) is 33.7 Å². The number of rotatable bonds is 8. The molecule has 0 N–H and O–H groups in total. The summed E-state index contributed by atoms with van der Waals surface area (Å²) < 4.78 is 43.1. The van der Waals surface area contributed by atoms with Crippen LogP contribution in [-0.4, -0.2) is 62.4 Å². The first kappa shape index (κ1) is 20.9. The molecule has 30 heavy (non-hydrogen) atoms. The lowest BCUT2D eigenvalue weighted by molar-refractivity contribution is 0.0211. The summed E-state index contributed by atoms with van der Waals surface area (Å²) in [5.74, 6) is 1.48. The molecule has 2 aliphatic rings. The molecule has 0 radical (unpaired) electrons. The molecule has 1 aromatic carbocycles. The summed E-state index contributed by atoms with van der Waals surface area (Å²) in [4.78, 5) is 4.57. The van der Waals surface area contributed by atoms with Crippen molar-refractivity contribution >= 4 is 10.0 Å². The molecule has 4 rings (SSSR count). The van der Waals surface area contributed by atoms with Crippen molar-refractivity contribution in [3.05, 3.63) is 41.5 Å². The minimum absolute atomic E-state index is 0.109. The van der Waals surface area contributed by atoms with Gasteiger partial charge in [0.25, 0.3) is 0 Å². The lowest BCUT2D eigenvalue weighted by Gasteiger charge is -2.35. The Kier molecular flexibility index (Phi) is 6.43. The smallest absolute Gasteiger partial charge is 0.243 e. The predicted molar refractivity (Wildman–Crippen MR) is 105 cm³/mol. The molecule has 2 aromatic rings. The van der Waals surface area contributed by atoms with Crippen LogP contribution >= 0.6 is 0 Å². The first-order valence-corrected chi connectivity index (χ1v) is 11.5. The largest absolute Gasteiger partial charge is 0.381 e. The number of nitrogens with zero attached hydrogens (tertiary/aromatic N) is 4. The van der Waals surface area contributed by atoms with Crippen LogP contribution in [0, 0.1) is 17.2 Å². The van der Waals surface area contributed by atoms with Gasteiger partial charge >= 0.3 is 0 Å². The van der Waals surface area contributed by atoms with Gasteiger partial charge in [-0.15, -0.1) is 0 Å². The maximum Gasteiger partial charge on any atom is 0.243 e. The van der Waals surface area contributed by atoms with Crippen molar-refractivity contribution in [3.63, 3.8) is 0 Å². The van der Waals surface area contributed by atoms with Gasteiger partial charge in [0.05, 0.1) is 29.1 Å². The van der Waals surface area contributed by atoms with Crippen molar-refractivity contribution in [3.8, 4) is 6.07 Å². The van der Waals surface area contributed by atoms with E-state index in [1.54, 1.807) is 0 Å². The average Bonchev–Trinajstić information content (AvgIpc) is 3.19. The molecular weight excluding hydrogens is 408 g/mol. The molecule has 0 saturated carbocycles. The average molecular weight is 433 g/mol. The van der Waals surface area contributed by atoms with Crippen LogP contribution in [0.4, 0.5) is 0 Å². The minimum Gasteiger partial charge on any atom is -0.381 e. The Bertz CT molecular complexity index is 987. The summed E-state index contributed by atoms with van der Waals surface area (Å²) in [7, 11) is -3.58. The summed E-state index contributed by atoms with van der Waals surface area (Å²) in [5, 5.41) is 12.8. The van der Waals surface area contributed by atoms with Crippen molar-refractivity contribution in [1.29, 1.82) is 5.26 Å². The second-order valence-electron chi connectivity index (χ2n) is 7.58. The van der Waals surface area contributed by atoms with E-state index >= 15 is 0 Å². The number of ether oxygens (including phenoxy) is 2. The van der Waals surface area contributed by atoms with E-state index in [4.69, 9.17) is 19.3 Å². The van der Waals surface area contributed by atoms with Crippen molar-refractivity contribution < 1.29 is 22.4 Å². The molecule has 0 amide bonds. The highest BCUT2D eigenvalue weighted by atomic mass is 32.2. The van der Waals surface area contributed by atoms with E-state index in [2.05, 4.69) is 10.1 Å². The van der Waals surface area contributed by atoms with E-state index in [1.165, 1.54) is 28.6 Å². The Hall–Kier alpha value is -2.32. The third-order valence-corrected chi connectivity index (χ3v) is 7.31. The molecule has 2 aliphatic heterocycles. The van der Waals surface area contributed by atoms with Crippen molar-refractivity contribution in [2.75, 3.05) is 39.5 Å². The molecule has 0 spiro atoms. The highest BCUT2D eigenvalue weighted by molar-refractivity contribution is 7.89. The summed E-state index contributed by atoms with van der Waals surface area (Å²) in [6.07, 6.45) is 2.64. The van der Waals surface area contributed by atoms with Crippen LogP contribution in [0.2, 0.25) is 0 Å². The summed E-state index contributed by atoms with van der Waals surface area (Å²) >= 11 is 0. The fourth-order valence-electron chi connectivity index (χ4n) is 3.50. The van der Waals surface area contributed by atoms with Crippen LogP contribution in [0.3, 0.4) is 0 Å². The third kappa shape index (κ3) is 4.70. The zero-order valence-corrected chi connectivity index (χ0v) is 17.4. The number of nitriles is 1. The Morgan fingerprint density at radius 1 is 1.20 bits per heavy atom. The van der Waals surface area contributed by atoms with Crippen LogP contribution < -0.4 is 0 Å². The van der Waals surface area contributed by atoms with Crippen LogP contribution in [0.25, 0.3) is 0 Å². The molecule has 0 atom stereocenters. The van der Waals surface area contributed by atoms with Crippen molar-refractivity contribution in [2.45, 2.75) is 30.1 Å². The molecule has 0 unspecified atom stereocenters. The fourth-order valence-corrected chi connectivity index (χ4v) is 5.03. The van der Waals surface area contributed by atoms with E-state index in [0.29, 0.717) is 49.3 Å². The summed E-state index contributed by atoms with van der Waals surface area (Å²) in [6.45, 7) is 3.45. The number of sulfonamides is 1. The fraction of sp³-hybridized carbons (Fsp3) is 0.550. The third-order valence-electron chi connectivity index (χ3n) is 5.47. The number of benzene rings is 1. The van der Waals surface area contributed by atoms with Gasteiger partial charge in [0.15, 0.2) is 5.82 Å². The van der Waals surface area contributed by atoms with Crippen molar-refractivity contribution in [1.82, 2.24) is 14.4 Å². The second kappa shape index (κ2) is 9.22. The van der Waals surface area contributed by atoms with Crippen molar-refractivity contribution in [2.24, 2.45) is 5.92 Å². The number of hydrogen-bond donors (Lipinski definition) is 0. The van der Waals surface area contributed by atoms with Gasteiger partial charge in [-0.05, 0) is 43.0 Å². The molecular formula is C20H24N4O5S. The monoisotopic (exact) mass is 432 g/mol. The van der Waals surface area contributed by atoms with Crippen LogP contribution in [-0.2, 0) is 25.9 Å². The van der Waals surface area contributed by atoms with Gasteiger partial charge in [-0.25, -0.2) is 8.42 Å². The topological polar surface area (TPSA) is 119 Å². The first-order valence-electron chi connectivity index (χ1n) is 10.0. The molecule has 0 aliphatic carbocycles. The van der Waals surface area contributed by atoms with E-state index < -0.39 is 10.0 Å². The number of hydrogen-bond acceptors (Lipinski definition) is 8. The van der Waals surface area contributed by atoms with E-state index in [1.807, 2.05) is 6.07 Å². The molecule has 2 fully saturated rings. The molecule has 2 saturated heterocycles. The van der Waals surface area contributed by atoms with E-state index in [9.17, 15) is 8.42 Å². The van der Waals surface area contributed by atoms with Gasteiger partial charge in [0, 0.05) is 39.3 Å². The first-order chi connectivity index (χ1) is 14.6. The van der Waals surface area contributed by atoms with E-state index in [0.717, 1.165) is 32.7 Å². The standard InChI is InChI=1S/C20H24N4O5S/c21-11-15-1-3-18(4-2-15)30(25,26)24-12-17(13-24)20-22-19(23-29-20)7-10-28-14-16-5-8-27-9-6-16/h1-4,16-17H,5-10,12-14H2.